The van der Waals surface area contributed by atoms with Crippen molar-refractivity contribution >= 4 is 17.5 Å². The van der Waals surface area contributed by atoms with Crippen LogP contribution in [0, 0.1) is 0 Å². The highest BCUT2D eigenvalue weighted by molar-refractivity contribution is 6.28. The highest BCUT2D eigenvalue weighted by atomic mass is 35.5. The molecule has 0 radical (unpaired) electrons. The molecule has 20 heavy (non-hydrogen) atoms. The lowest BCUT2D eigenvalue weighted by atomic mass is 10.1. The summed E-state index contributed by atoms with van der Waals surface area (Å²) in [6.07, 6.45) is 4.56. The minimum atomic E-state index is 0.176. The van der Waals surface area contributed by atoms with Crippen LogP contribution in [0.5, 0.6) is 6.01 Å². The van der Waals surface area contributed by atoms with E-state index in [0.29, 0.717) is 30.6 Å². The number of rotatable bonds is 5. The Hall–Kier alpha value is -1.14. The zero-order chi connectivity index (χ0) is 13.9. The Morgan fingerprint density at radius 2 is 2.20 bits per heavy atom. The van der Waals surface area contributed by atoms with E-state index in [1.54, 1.807) is 0 Å². The lowest BCUT2D eigenvalue weighted by Crippen LogP contribution is -2.34. The average Bonchev–Trinajstić information content (AvgIpc) is 3.01. The second-order valence-corrected chi connectivity index (χ2v) is 5.68. The van der Waals surface area contributed by atoms with Gasteiger partial charge in [-0.2, -0.15) is 15.0 Å². The monoisotopic (exact) mass is 297 g/mol. The number of fused-ring (bicyclic) bond motifs is 1. The minimum Gasteiger partial charge on any atom is -0.463 e. The van der Waals surface area contributed by atoms with E-state index in [4.69, 9.17) is 16.3 Å². The van der Waals surface area contributed by atoms with Crippen molar-refractivity contribution in [3.05, 3.63) is 5.28 Å². The zero-order valence-corrected chi connectivity index (χ0v) is 12.4. The van der Waals surface area contributed by atoms with Crippen molar-refractivity contribution in [1.29, 1.82) is 0 Å². The highest BCUT2D eigenvalue weighted by Crippen LogP contribution is 2.29. The third-order valence-electron chi connectivity index (χ3n) is 3.94. The maximum absolute atomic E-state index is 5.93. The molecule has 110 valence electrons. The fourth-order valence-corrected chi connectivity index (χ4v) is 3.22. The molecule has 1 aromatic rings. The SMILES string of the molecule is CCCOc1nc(Cl)nc(NC2CCN3CCCC23)n1. The van der Waals surface area contributed by atoms with Crippen molar-refractivity contribution in [2.24, 2.45) is 0 Å². The van der Waals surface area contributed by atoms with Crippen LogP contribution in [0.3, 0.4) is 0 Å². The van der Waals surface area contributed by atoms with Crippen LogP contribution in [0.15, 0.2) is 0 Å². The van der Waals surface area contributed by atoms with Crippen molar-refractivity contribution in [1.82, 2.24) is 19.9 Å². The van der Waals surface area contributed by atoms with E-state index >= 15 is 0 Å². The Morgan fingerprint density at radius 1 is 1.30 bits per heavy atom. The lowest BCUT2D eigenvalue weighted by Gasteiger charge is -2.21. The quantitative estimate of drug-likeness (QED) is 0.896. The van der Waals surface area contributed by atoms with Gasteiger partial charge in [-0.1, -0.05) is 6.92 Å². The van der Waals surface area contributed by atoms with Crippen LogP contribution in [0.2, 0.25) is 5.28 Å². The van der Waals surface area contributed by atoms with Crippen LogP contribution in [0.4, 0.5) is 5.95 Å². The molecule has 0 aliphatic carbocycles. The van der Waals surface area contributed by atoms with E-state index in [2.05, 4.69) is 25.2 Å². The molecule has 6 nitrogen and oxygen atoms in total. The number of aromatic nitrogens is 3. The first-order valence-corrected chi connectivity index (χ1v) is 7.69. The predicted octanol–water partition coefficient (Wildman–Crippen LogP) is 1.96. The molecule has 2 unspecified atom stereocenters. The Kier molecular flexibility index (Phi) is 4.21. The van der Waals surface area contributed by atoms with Gasteiger partial charge < -0.3 is 10.1 Å². The maximum atomic E-state index is 5.93. The van der Waals surface area contributed by atoms with Gasteiger partial charge in [0.1, 0.15) is 0 Å². The zero-order valence-electron chi connectivity index (χ0n) is 11.7. The van der Waals surface area contributed by atoms with Gasteiger partial charge in [-0.3, -0.25) is 4.90 Å². The van der Waals surface area contributed by atoms with E-state index in [1.165, 1.54) is 19.4 Å². The van der Waals surface area contributed by atoms with Crippen LogP contribution in [-0.4, -0.2) is 51.6 Å². The van der Waals surface area contributed by atoms with E-state index < -0.39 is 0 Å². The van der Waals surface area contributed by atoms with Crippen LogP contribution in [0.1, 0.15) is 32.6 Å². The molecule has 0 spiro atoms. The summed E-state index contributed by atoms with van der Waals surface area (Å²) < 4.78 is 5.43. The number of hydrogen-bond donors (Lipinski definition) is 1. The van der Waals surface area contributed by atoms with E-state index in [-0.39, 0.29) is 5.28 Å². The molecular weight excluding hydrogens is 278 g/mol. The first kappa shape index (κ1) is 13.8. The molecule has 1 N–H and O–H groups in total. The summed E-state index contributed by atoms with van der Waals surface area (Å²) in [6.45, 7) is 4.99. The summed E-state index contributed by atoms with van der Waals surface area (Å²) in [5.74, 6) is 0.523. The fourth-order valence-electron chi connectivity index (χ4n) is 3.07. The van der Waals surface area contributed by atoms with Gasteiger partial charge in [0.25, 0.3) is 0 Å². The Morgan fingerprint density at radius 3 is 3.05 bits per heavy atom. The van der Waals surface area contributed by atoms with Crippen LogP contribution >= 0.6 is 11.6 Å². The number of nitrogens with one attached hydrogen (secondary N) is 1. The molecule has 0 aromatic carbocycles. The van der Waals surface area contributed by atoms with Gasteiger partial charge >= 0.3 is 6.01 Å². The Bertz CT molecular complexity index is 472. The Balaban J connectivity index is 1.68. The van der Waals surface area contributed by atoms with Gasteiger partial charge in [-0.15, -0.1) is 0 Å². The van der Waals surface area contributed by atoms with Gasteiger partial charge in [0.15, 0.2) is 0 Å². The summed E-state index contributed by atoms with van der Waals surface area (Å²) in [6, 6.07) is 1.30. The summed E-state index contributed by atoms with van der Waals surface area (Å²) in [5, 5.41) is 3.58. The molecule has 7 heteroatoms. The van der Waals surface area contributed by atoms with Crippen LogP contribution < -0.4 is 10.1 Å². The van der Waals surface area contributed by atoms with E-state index in [1.807, 2.05) is 6.92 Å². The Labute approximate surface area is 123 Å². The van der Waals surface area contributed by atoms with Crippen LogP contribution in [0.25, 0.3) is 0 Å². The summed E-state index contributed by atoms with van der Waals surface area (Å²) in [7, 11) is 0. The van der Waals surface area contributed by atoms with Crippen molar-refractivity contribution in [3.63, 3.8) is 0 Å². The molecule has 3 heterocycles. The van der Waals surface area contributed by atoms with Crippen molar-refractivity contribution < 1.29 is 4.74 Å². The predicted molar refractivity (Wildman–Crippen MR) is 77.2 cm³/mol. The number of nitrogens with zero attached hydrogens (tertiary/aromatic N) is 4. The van der Waals surface area contributed by atoms with Gasteiger partial charge in [-0.25, -0.2) is 0 Å². The van der Waals surface area contributed by atoms with Gasteiger partial charge in [0.2, 0.25) is 11.2 Å². The molecule has 2 aliphatic heterocycles. The smallest absolute Gasteiger partial charge is 0.322 e. The fraction of sp³-hybridized carbons (Fsp3) is 0.769. The number of halogens is 1. The molecule has 3 rings (SSSR count). The summed E-state index contributed by atoms with van der Waals surface area (Å²) >= 11 is 5.93. The molecule has 2 fully saturated rings. The number of anilines is 1. The molecule has 2 aliphatic rings. The van der Waals surface area contributed by atoms with Gasteiger partial charge in [0, 0.05) is 18.6 Å². The molecule has 0 bridgehead atoms. The van der Waals surface area contributed by atoms with Crippen LogP contribution in [-0.2, 0) is 0 Å². The van der Waals surface area contributed by atoms with Crippen molar-refractivity contribution in [2.75, 3.05) is 25.0 Å². The third-order valence-corrected chi connectivity index (χ3v) is 4.11. The number of ether oxygens (including phenoxy) is 1. The topological polar surface area (TPSA) is 63.2 Å². The highest BCUT2D eigenvalue weighted by Gasteiger charge is 2.37. The van der Waals surface area contributed by atoms with Gasteiger partial charge in [-0.05, 0) is 43.8 Å². The van der Waals surface area contributed by atoms with Crippen molar-refractivity contribution in [3.8, 4) is 6.01 Å². The van der Waals surface area contributed by atoms with Gasteiger partial charge in [0.05, 0.1) is 6.61 Å². The third kappa shape index (κ3) is 2.96. The minimum absolute atomic E-state index is 0.176. The largest absolute Gasteiger partial charge is 0.463 e. The molecule has 0 amide bonds. The van der Waals surface area contributed by atoms with E-state index in [9.17, 15) is 0 Å². The summed E-state index contributed by atoms with van der Waals surface area (Å²) in [5.41, 5.74) is 0. The maximum Gasteiger partial charge on any atom is 0.322 e. The van der Waals surface area contributed by atoms with Crippen molar-refractivity contribution in [2.45, 2.75) is 44.7 Å². The normalized spacial score (nSPS) is 25.7. The standard InChI is InChI=1S/C13H20ClN5O/c1-2-8-20-13-17-11(14)16-12(18-13)15-9-5-7-19-6-3-4-10(9)19/h9-10H,2-8H2,1H3,(H,15,16,17,18). The summed E-state index contributed by atoms with van der Waals surface area (Å²) in [4.78, 5) is 15.0. The molecule has 1 aromatic heterocycles. The first-order chi connectivity index (χ1) is 9.76. The first-order valence-electron chi connectivity index (χ1n) is 7.31. The molecule has 2 saturated heterocycles. The average molecular weight is 298 g/mol. The second kappa shape index (κ2) is 6.10. The molecular formula is C13H20ClN5O. The number of hydrogen-bond acceptors (Lipinski definition) is 6. The molecule has 0 saturated carbocycles. The second-order valence-electron chi connectivity index (χ2n) is 5.34. The molecule has 2 atom stereocenters. The lowest BCUT2D eigenvalue weighted by molar-refractivity contribution is 0.291. The van der Waals surface area contributed by atoms with E-state index in [0.717, 1.165) is 19.4 Å².